The Morgan fingerprint density at radius 2 is 1.54 bits per heavy atom. The minimum Gasteiger partial charge on any atom is -0.496 e. The lowest BCUT2D eigenvalue weighted by molar-refractivity contribution is -0.147. The number of benzene rings is 1. The Labute approximate surface area is 288 Å². The number of ether oxygens (including phenoxy) is 2. The molecule has 3 aliphatic heterocycles. The molecule has 5 N–H and O–H groups in total. The van der Waals surface area contributed by atoms with E-state index in [0.29, 0.717) is 30.9 Å². The number of anilines is 1. The van der Waals surface area contributed by atoms with Crippen LogP contribution >= 0.6 is 11.6 Å². The van der Waals surface area contributed by atoms with Crippen LogP contribution in [-0.4, -0.2) is 129 Å². The molecule has 0 spiro atoms. The zero-order valence-corrected chi connectivity index (χ0v) is 29.3. The molecule has 4 aliphatic rings. The van der Waals surface area contributed by atoms with Crippen molar-refractivity contribution in [2.45, 2.75) is 49.8 Å². The Bertz CT molecular complexity index is 1390. The lowest BCUT2D eigenvalue weighted by Crippen LogP contribution is -2.59. The predicted octanol–water partition coefficient (Wildman–Crippen LogP) is 2.49. The van der Waals surface area contributed by atoms with Crippen molar-refractivity contribution in [2.75, 3.05) is 79.9 Å². The molecule has 1 aromatic rings. The number of carbonyl (C=O) groups is 3. The monoisotopic (exact) mass is 686 g/mol. The van der Waals surface area contributed by atoms with Gasteiger partial charge in [-0.3, -0.25) is 19.3 Å². The van der Waals surface area contributed by atoms with Gasteiger partial charge >= 0.3 is 5.97 Å². The van der Waals surface area contributed by atoms with Gasteiger partial charge in [0.25, 0.3) is 5.91 Å². The lowest BCUT2D eigenvalue weighted by Gasteiger charge is -2.46. The molecule has 3 heterocycles. The van der Waals surface area contributed by atoms with E-state index in [-0.39, 0.29) is 52.9 Å². The van der Waals surface area contributed by atoms with Crippen LogP contribution in [0.5, 0.6) is 5.75 Å². The molecule has 1 aliphatic carbocycles. The number of hydrogen-bond donors (Lipinski definition) is 4. The summed E-state index contributed by atoms with van der Waals surface area (Å²) in [5.74, 6) is -0.860. The summed E-state index contributed by atoms with van der Waals surface area (Å²) in [6.07, 6.45) is 11.3. The van der Waals surface area contributed by atoms with Gasteiger partial charge < -0.3 is 40.7 Å². The van der Waals surface area contributed by atoms with Crippen LogP contribution in [0.4, 0.5) is 5.69 Å². The number of nitrogen functional groups attached to an aromatic ring is 1. The molecule has 5 rings (SSSR count). The maximum Gasteiger partial charge on any atom is 0.317 e. The van der Waals surface area contributed by atoms with E-state index in [4.69, 9.17) is 26.8 Å². The molecule has 3 saturated heterocycles. The fourth-order valence-electron chi connectivity index (χ4n) is 7.86. The van der Waals surface area contributed by atoms with Crippen molar-refractivity contribution in [3.8, 4) is 5.75 Å². The molecule has 0 saturated carbocycles. The van der Waals surface area contributed by atoms with E-state index in [1.807, 2.05) is 29.2 Å². The van der Waals surface area contributed by atoms with Crippen LogP contribution in [-0.2, 0) is 14.3 Å². The van der Waals surface area contributed by atoms with Gasteiger partial charge in [0, 0.05) is 26.3 Å². The predicted molar refractivity (Wildman–Crippen MR) is 185 cm³/mol. The number of aliphatic carboxylic acids is 1. The quantitative estimate of drug-likeness (QED) is 0.214. The van der Waals surface area contributed by atoms with E-state index in [1.54, 1.807) is 7.11 Å². The highest BCUT2D eigenvalue weighted by atomic mass is 35.5. The van der Waals surface area contributed by atoms with E-state index >= 15 is 0 Å². The maximum absolute atomic E-state index is 13.8. The minimum absolute atomic E-state index is 0.00393. The second-order valence-electron chi connectivity index (χ2n) is 14.0. The lowest BCUT2D eigenvalue weighted by atomic mass is 9.64. The zero-order valence-electron chi connectivity index (χ0n) is 28.5. The first-order chi connectivity index (χ1) is 22.9. The Hall–Kier alpha value is -3.16. The number of carbonyl (C=O) groups excluding carboxylic acids is 2. The van der Waals surface area contributed by atoms with Gasteiger partial charge in [-0.25, -0.2) is 0 Å². The fourth-order valence-corrected chi connectivity index (χ4v) is 8.02. The normalized spacial score (nSPS) is 29.4. The molecule has 0 aromatic heterocycles. The number of nitrogens with two attached hydrogens (primary N) is 1. The number of rotatable bonds is 10. The summed E-state index contributed by atoms with van der Waals surface area (Å²) in [4.78, 5) is 46.4. The molecule has 1 aromatic carbocycles. The maximum atomic E-state index is 13.8. The molecule has 2 amide bonds. The van der Waals surface area contributed by atoms with Gasteiger partial charge in [-0.2, -0.15) is 0 Å². The van der Waals surface area contributed by atoms with Gasteiger partial charge in [-0.1, -0.05) is 35.9 Å². The number of nitrogens with one attached hydrogen (secondary N) is 2. The molecular weight excluding hydrogens is 636 g/mol. The van der Waals surface area contributed by atoms with Crippen LogP contribution in [0.1, 0.15) is 42.5 Å². The van der Waals surface area contributed by atoms with Crippen molar-refractivity contribution in [1.82, 2.24) is 25.3 Å². The van der Waals surface area contributed by atoms with Crippen LogP contribution in [0.2, 0.25) is 5.02 Å². The van der Waals surface area contributed by atoms with Crippen molar-refractivity contribution < 1.29 is 29.0 Å². The third-order valence-electron chi connectivity index (χ3n) is 11.0. The molecule has 0 bridgehead atoms. The Balaban J connectivity index is 1.26. The van der Waals surface area contributed by atoms with Crippen LogP contribution < -0.4 is 21.1 Å². The first kappa shape index (κ1) is 36.1. The van der Waals surface area contributed by atoms with Gasteiger partial charge in [0.1, 0.15) is 11.2 Å². The smallest absolute Gasteiger partial charge is 0.317 e. The molecule has 2 atom stereocenters. The Morgan fingerprint density at radius 3 is 2.10 bits per heavy atom. The van der Waals surface area contributed by atoms with Gasteiger partial charge in [0.15, 0.2) is 0 Å². The second kappa shape index (κ2) is 15.2. The number of nitrogens with zero attached hydrogens (tertiary/aromatic N) is 3. The number of likely N-dealkylation sites (tertiary alicyclic amines) is 3. The average Bonchev–Trinajstić information content (AvgIpc) is 3.07. The largest absolute Gasteiger partial charge is 0.496 e. The van der Waals surface area contributed by atoms with E-state index in [1.165, 1.54) is 19.2 Å². The highest BCUT2D eigenvalue weighted by molar-refractivity contribution is 6.33. The van der Waals surface area contributed by atoms with Gasteiger partial charge in [-0.15, -0.1) is 0 Å². The number of methoxy groups -OCH3 is 2. The summed E-state index contributed by atoms with van der Waals surface area (Å²) in [7, 11) is 7.23. The Morgan fingerprint density at radius 1 is 0.938 bits per heavy atom. The van der Waals surface area contributed by atoms with Crippen LogP contribution in [0.25, 0.3) is 0 Å². The third kappa shape index (κ3) is 7.68. The summed E-state index contributed by atoms with van der Waals surface area (Å²) in [5, 5.41) is 17.2. The van der Waals surface area contributed by atoms with Crippen LogP contribution in [0.15, 0.2) is 36.4 Å². The van der Waals surface area contributed by atoms with Crippen molar-refractivity contribution >= 4 is 35.1 Å². The average molecular weight is 687 g/mol. The molecule has 264 valence electrons. The molecule has 3 fully saturated rings. The van der Waals surface area contributed by atoms with E-state index in [2.05, 4.69) is 34.5 Å². The molecular formula is C35H51ClN6O6. The highest BCUT2D eigenvalue weighted by Gasteiger charge is 2.48. The SMILES string of the molecule is COc1cc(N)c(Cl)cc1C(=O)N[C@@H]1CCN(CC(=O)NC2(C3CCN(C)CC3)C=CC(C(=O)O)(C3CCN(C)CC3)C=C2)C[C@@H]1OC. The summed E-state index contributed by atoms with van der Waals surface area (Å²) in [6.45, 7) is 4.72. The van der Waals surface area contributed by atoms with E-state index in [0.717, 1.165) is 51.9 Å². The minimum atomic E-state index is -1.08. The second-order valence-corrected chi connectivity index (χ2v) is 14.4. The van der Waals surface area contributed by atoms with Gasteiger partial charge in [0.2, 0.25) is 5.91 Å². The van der Waals surface area contributed by atoms with Crippen molar-refractivity contribution in [3.05, 3.63) is 47.0 Å². The number of amides is 2. The molecule has 0 radical (unpaired) electrons. The topological polar surface area (TPSA) is 150 Å². The van der Waals surface area contributed by atoms with Crippen molar-refractivity contribution in [3.63, 3.8) is 0 Å². The standard InChI is InChI=1S/C35H51ClN6O6/c1-40-14-5-23(6-15-40)34(33(45)46)10-12-35(13-11-34,24-7-16-41(2)17-8-24)39-31(43)22-42-18-9-28(30(21-42)48-4)38-32(44)25-19-26(36)27(37)20-29(25)47-3/h10-13,19-20,23-24,28,30H,5-9,14-18,21-22,37H2,1-4H3,(H,38,44)(H,39,43)(H,45,46)/t28-,30+,34?,35?/m1/s1. The highest BCUT2D eigenvalue weighted by Crippen LogP contribution is 2.44. The van der Waals surface area contributed by atoms with E-state index in [9.17, 15) is 19.5 Å². The number of carboxylic acids is 1. The summed E-state index contributed by atoms with van der Waals surface area (Å²) >= 11 is 6.19. The van der Waals surface area contributed by atoms with Crippen LogP contribution in [0, 0.1) is 17.3 Å². The third-order valence-corrected chi connectivity index (χ3v) is 11.3. The Kier molecular flexibility index (Phi) is 11.4. The van der Waals surface area contributed by atoms with Gasteiger partial charge in [-0.05, 0) is 90.3 Å². The number of halogens is 1. The first-order valence-electron chi connectivity index (χ1n) is 16.9. The molecule has 12 nitrogen and oxygen atoms in total. The number of carboxylic acid groups (broad SMARTS) is 1. The number of hydrogen-bond acceptors (Lipinski definition) is 9. The van der Waals surface area contributed by atoms with Gasteiger partial charge in [0.05, 0.1) is 47.6 Å². The van der Waals surface area contributed by atoms with Crippen LogP contribution in [0.3, 0.4) is 0 Å². The fraction of sp³-hybridized carbons (Fsp3) is 0.629. The molecule has 48 heavy (non-hydrogen) atoms. The van der Waals surface area contributed by atoms with Crippen molar-refractivity contribution in [2.24, 2.45) is 17.3 Å². The first-order valence-corrected chi connectivity index (χ1v) is 17.3. The summed E-state index contributed by atoms with van der Waals surface area (Å²) in [5.41, 5.74) is 4.64. The zero-order chi connectivity index (χ0) is 34.6. The van der Waals surface area contributed by atoms with Crippen molar-refractivity contribution in [1.29, 1.82) is 0 Å². The number of piperidine rings is 3. The summed E-state index contributed by atoms with van der Waals surface area (Å²) < 4.78 is 11.1. The molecule has 13 heteroatoms. The summed E-state index contributed by atoms with van der Waals surface area (Å²) in [6, 6.07) is 2.73. The van der Waals surface area contributed by atoms with E-state index < -0.39 is 16.9 Å². The molecule has 0 unspecified atom stereocenters.